The molecule has 0 fully saturated rings. The number of Topliss-reactive ketones (excluding diaryl/α,β-unsaturated/α-hetero) is 1. The minimum Gasteiger partial charge on any atom is -0.398 e. The molecule has 3 N–H and O–H groups in total. The summed E-state index contributed by atoms with van der Waals surface area (Å²) < 4.78 is 34.2. The molecule has 0 aliphatic carbocycles. The van der Waals surface area contributed by atoms with E-state index in [0.29, 0.717) is 11.1 Å². The van der Waals surface area contributed by atoms with Crippen molar-refractivity contribution < 1.29 is 17.8 Å². The molecule has 0 aliphatic heterocycles. The summed E-state index contributed by atoms with van der Waals surface area (Å²) in [4.78, 5) is 13.7. The van der Waals surface area contributed by atoms with Crippen LogP contribution in [0.25, 0.3) is 0 Å². The molecule has 27 heavy (non-hydrogen) atoms. The maximum Gasteiger partial charge on any atom is 0.295 e. The number of nitrogens with two attached hydrogens (primary N) is 1. The number of carbonyl (C=O) groups is 1. The summed E-state index contributed by atoms with van der Waals surface area (Å²) in [6, 6.07) is 11.0. The fourth-order valence-corrected chi connectivity index (χ4v) is 5.05. The summed E-state index contributed by atoms with van der Waals surface area (Å²) in [6.45, 7) is 7.21. The molecule has 2 rings (SSSR count). The van der Waals surface area contributed by atoms with Crippen molar-refractivity contribution in [1.82, 2.24) is 0 Å². The molecule has 5 nitrogen and oxygen atoms in total. The zero-order valence-electron chi connectivity index (χ0n) is 15.9. The van der Waals surface area contributed by atoms with Crippen LogP contribution in [0.15, 0.2) is 46.2 Å². The Balaban J connectivity index is 2.60. The minimum atomic E-state index is -4.51. The van der Waals surface area contributed by atoms with Gasteiger partial charge in [-0.2, -0.15) is 8.42 Å². The fraction of sp³-hybridized carbons (Fsp3) is 0.350. The molecule has 2 aromatic rings. The molecule has 0 spiro atoms. The molecule has 0 radical (unpaired) electrons. The van der Waals surface area contributed by atoms with Gasteiger partial charge in [-0.1, -0.05) is 45.9 Å². The van der Waals surface area contributed by atoms with Crippen molar-refractivity contribution in [1.29, 1.82) is 0 Å². The van der Waals surface area contributed by atoms with E-state index in [1.54, 1.807) is 13.8 Å². The van der Waals surface area contributed by atoms with Gasteiger partial charge in [0.25, 0.3) is 10.1 Å². The Morgan fingerprint density at radius 3 is 2.19 bits per heavy atom. The average molecular weight is 408 g/mol. The van der Waals surface area contributed by atoms with E-state index in [0.717, 1.165) is 4.90 Å². The van der Waals surface area contributed by atoms with Crippen LogP contribution in [0.5, 0.6) is 0 Å². The van der Waals surface area contributed by atoms with Crippen molar-refractivity contribution in [3.63, 3.8) is 0 Å². The van der Waals surface area contributed by atoms with Gasteiger partial charge < -0.3 is 5.73 Å². The van der Waals surface area contributed by atoms with Crippen LogP contribution in [0, 0.1) is 0 Å². The second-order valence-corrected chi connectivity index (χ2v) is 9.39. The largest absolute Gasteiger partial charge is 0.398 e. The highest BCUT2D eigenvalue weighted by Gasteiger charge is 2.30. The molecule has 2 aromatic carbocycles. The predicted molar refractivity (Wildman–Crippen MR) is 110 cm³/mol. The van der Waals surface area contributed by atoms with Crippen LogP contribution in [0.3, 0.4) is 0 Å². The van der Waals surface area contributed by atoms with Crippen molar-refractivity contribution in [2.75, 3.05) is 11.5 Å². The second-order valence-electron chi connectivity index (χ2n) is 6.98. The first kappa shape index (κ1) is 21.5. The number of hydrogen-bond donors (Lipinski definition) is 2. The lowest BCUT2D eigenvalue weighted by Crippen LogP contribution is -2.18. The topological polar surface area (TPSA) is 97.5 Å². The molecule has 0 heterocycles. The Morgan fingerprint density at radius 1 is 1.11 bits per heavy atom. The summed E-state index contributed by atoms with van der Waals surface area (Å²) in [6.07, 6.45) is 0. The zero-order valence-corrected chi connectivity index (χ0v) is 17.5. The van der Waals surface area contributed by atoms with Gasteiger partial charge in [-0.25, -0.2) is 0 Å². The van der Waals surface area contributed by atoms with Crippen LogP contribution in [0.1, 0.15) is 61.0 Å². The van der Waals surface area contributed by atoms with Gasteiger partial charge in [-0.3, -0.25) is 9.35 Å². The van der Waals surface area contributed by atoms with E-state index in [1.165, 1.54) is 17.8 Å². The number of benzene rings is 2. The highest BCUT2D eigenvalue weighted by atomic mass is 32.2. The first-order valence-corrected chi connectivity index (χ1v) is 11.1. The molecule has 7 heteroatoms. The lowest BCUT2D eigenvalue weighted by Gasteiger charge is -2.22. The Bertz CT molecular complexity index is 936. The number of carbonyl (C=O) groups excluding carboxylic acids is 1. The molecule has 0 saturated heterocycles. The zero-order chi connectivity index (χ0) is 20.4. The number of rotatable bonds is 7. The molecule has 0 saturated carbocycles. The fourth-order valence-electron chi connectivity index (χ4n) is 3.05. The highest BCUT2D eigenvalue weighted by molar-refractivity contribution is 8.00. The number of anilines is 1. The summed E-state index contributed by atoms with van der Waals surface area (Å²) in [5.41, 5.74) is 7.32. The lowest BCUT2D eigenvalue weighted by atomic mass is 9.88. The molecular formula is C20H25NO4S2. The summed E-state index contributed by atoms with van der Waals surface area (Å²) in [5, 5.41) is 0. The van der Waals surface area contributed by atoms with E-state index in [1.807, 2.05) is 44.2 Å². The van der Waals surface area contributed by atoms with Gasteiger partial charge in [0.1, 0.15) is 4.90 Å². The third-order valence-corrected chi connectivity index (χ3v) is 6.21. The third kappa shape index (κ3) is 4.91. The van der Waals surface area contributed by atoms with Crippen LogP contribution >= 0.6 is 11.8 Å². The molecule has 146 valence electrons. The third-order valence-electron chi connectivity index (χ3n) is 4.23. The number of hydrogen-bond acceptors (Lipinski definition) is 5. The van der Waals surface area contributed by atoms with E-state index >= 15 is 0 Å². The van der Waals surface area contributed by atoms with Gasteiger partial charge in [0.2, 0.25) is 0 Å². The Kier molecular flexibility index (Phi) is 6.72. The number of nitrogen functional groups attached to an aromatic ring is 1. The van der Waals surface area contributed by atoms with Crippen molar-refractivity contribution in [3.8, 4) is 0 Å². The van der Waals surface area contributed by atoms with Gasteiger partial charge in [0.15, 0.2) is 5.78 Å². The highest BCUT2D eigenvalue weighted by Crippen LogP contribution is 2.38. The molecule has 0 unspecified atom stereocenters. The summed E-state index contributed by atoms with van der Waals surface area (Å²) >= 11 is 1.36. The maximum atomic E-state index is 12.9. The van der Waals surface area contributed by atoms with Gasteiger partial charge in [-0.05, 0) is 41.2 Å². The molecular weight excluding hydrogens is 382 g/mol. The molecule has 0 amide bonds. The van der Waals surface area contributed by atoms with E-state index in [9.17, 15) is 17.8 Å². The van der Waals surface area contributed by atoms with Crippen molar-refractivity contribution in [3.05, 3.63) is 53.1 Å². The van der Waals surface area contributed by atoms with E-state index in [2.05, 4.69) is 0 Å². The Labute approximate surface area is 165 Å². The van der Waals surface area contributed by atoms with Crippen molar-refractivity contribution in [2.24, 2.45) is 0 Å². The minimum absolute atomic E-state index is 0.125. The van der Waals surface area contributed by atoms with Gasteiger partial charge >= 0.3 is 0 Å². The van der Waals surface area contributed by atoms with E-state index in [4.69, 9.17) is 5.73 Å². The smallest absolute Gasteiger partial charge is 0.295 e. The molecule has 0 aliphatic rings. The summed E-state index contributed by atoms with van der Waals surface area (Å²) in [5.74, 6) is -0.613. The second kappa shape index (κ2) is 8.46. The molecule has 0 bridgehead atoms. The van der Waals surface area contributed by atoms with Crippen LogP contribution in [0.4, 0.5) is 5.69 Å². The van der Waals surface area contributed by atoms with Gasteiger partial charge in [0, 0.05) is 16.1 Å². The molecule has 0 aromatic heterocycles. The number of thioether (sulfide) groups is 1. The van der Waals surface area contributed by atoms with Gasteiger partial charge in [0.05, 0.1) is 5.75 Å². The van der Waals surface area contributed by atoms with Gasteiger partial charge in [-0.15, -0.1) is 11.8 Å². The maximum absolute atomic E-state index is 12.9. The van der Waals surface area contributed by atoms with Crippen LogP contribution in [0.2, 0.25) is 0 Å². The molecule has 0 atom stereocenters. The van der Waals surface area contributed by atoms with E-state index in [-0.39, 0.29) is 39.5 Å². The summed E-state index contributed by atoms with van der Waals surface area (Å²) in [7, 11) is -4.51. The monoisotopic (exact) mass is 407 g/mol. The van der Waals surface area contributed by atoms with Crippen LogP contribution < -0.4 is 5.73 Å². The first-order chi connectivity index (χ1) is 12.5. The van der Waals surface area contributed by atoms with Crippen molar-refractivity contribution in [2.45, 2.75) is 49.3 Å². The first-order valence-electron chi connectivity index (χ1n) is 8.68. The average Bonchev–Trinajstić information content (AvgIpc) is 2.58. The van der Waals surface area contributed by atoms with Crippen LogP contribution in [-0.2, 0) is 10.1 Å². The van der Waals surface area contributed by atoms with E-state index < -0.39 is 10.1 Å². The SMILES string of the molecule is CC(C)c1cc(N)c(C(=O)CSc2ccccc2)c(C(C)C)c1S(=O)(=O)O. The lowest BCUT2D eigenvalue weighted by molar-refractivity contribution is 0.102. The van der Waals surface area contributed by atoms with Crippen LogP contribution in [-0.4, -0.2) is 24.5 Å². The predicted octanol–water partition coefficient (Wildman–Crippen LogP) is 4.74. The standard InChI is InChI=1S/C20H25NO4S2/c1-12(2)15-10-16(21)19(18(13(3)4)20(15)27(23,24)25)17(22)11-26-14-8-6-5-7-9-14/h5-10,12-13H,11,21H2,1-4H3,(H,23,24,25). The Morgan fingerprint density at radius 2 is 1.70 bits per heavy atom. The number of ketones is 1. The van der Waals surface area contributed by atoms with Crippen molar-refractivity contribution >= 4 is 33.4 Å². The quantitative estimate of drug-likeness (QED) is 0.298. The normalized spacial score (nSPS) is 12.0. The Hall–Kier alpha value is -1.83.